The number of hydrogen-bond acceptors (Lipinski definition) is 4. The zero-order valence-electron chi connectivity index (χ0n) is 10.6. The lowest BCUT2D eigenvalue weighted by atomic mass is 9.95. The zero-order chi connectivity index (χ0) is 14.4. The first-order chi connectivity index (χ1) is 8.90. The first-order valence-electron chi connectivity index (χ1n) is 5.80. The fourth-order valence-corrected chi connectivity index (χ4v) is 2.06. The number of carboxylic acid groups (broad SMARTS) is 1. The smallest absolute Gasteiger partial charge is 0.303 e. The number of ether oxygens (including phenoxy) is 1. The summed E-state index contributed by atoms with van der Waals surface area (Å²) in [5.74, 6) is -1.41. The van der Waals surface area contributed by atoms with Crippen molar-refractivity contribution in [3.05, 3.63) is 28.2 Å². The molecule has 0 aromatic heterocycles. The van der Waals surface area contributed by atoms with E-state index in [1.807, 2.05) is 12.1 Å². The van der Waals surface area contributed by atoms with Crippen molar-refractivity contribution in [1.82, 2.24) is 0 Å². The molecule has 3 N–H and O–H groups in total. The van der Waals surface area contributed by atoms with Crippen LogP contribution in [0.25, 0.3) is 0 Å². The van der Waals surface area contributed by atoms with E-state index in [9.17, 15) is 9.59 Å². The maximum absolute atomic E-state index is 10.9. The summed E-state index contributed by atoms with van der Waals surface area (Å²) in [6.45, 7) is 1.49. The molecule has 5 nitrogen and oxygen atoms in total. The minimum absolute atomic E-state index is 0.0218. The Morgan fingerprint density at radius 1 is 1.47 bits per heavy atom. The molecule has 0 saturated carbocycles. The number of hydrogen-bond donors (Lipinski definition) is 2. The van der Waals surface area contributed by atoms with Crippen LogP contribution in [0.1, 0.15) is 31.2 Å². The SMILES string of the molecule is CC(=O)OCC(CCC(=O)O)c1ccc(N)c(Br)c1. The van der Waals surface area contributed by atoms with E-state index in [-0.39, 0.29) is 24.9 Å². The van der Waals surface area contributed by atoms with Gasteiger partial charge in [-0.1, -0.05) is 6.07 Å². The lowest BCUT2D eigenvalue weighted by molar-refractivity contribution is -0.141. The van der Waals surface area contributed by atoms with Gasteiger partial charge in [0.2, 0.25) is 0 Å². The third kappa shape index (κ3) is 5.30. The molecule has 1 unspecified atom stereocenters. The lowest BCUT2D eigenvalue weighted by Gasteiger charge is -2.17. The Morgan fingerprint density at radius 2 is 2.16 bits per heavy atom. The number of rotatable bonds is 6. The van der Waals surface area contributed by atoms with Gasteiger partial charge < -0.3 is 15.6 Å². The Kier molecular flexibility index (Phi) is 5.82. The molecule has 0 amide bonds. The molecule has 0 aliphatic heterocycles. The molecule has 0 bridgehead atoms. The summed E-state index contributed by atoms with van der Waals surface area (Å²) in [6, 6.07) is 5.38. The number of carbonyl (C=O) groups is 2. The highest BCUT2D eigenvalue weighted by molar-refractivity contribution is 9.10. The van der Waals surface area contributed by atoms with Crippen molar-refractivity contribution < 1.29 is 19.4 Å². The third-order valence-electron chi connectivity index (χ3n) is 2.69. The van der Waals surface area contributed by atoms with Crippen LogP contribution >= 0.6 is 15.9 Å². The molecule has 1 rings (SSSR count). The van der Waals surface area contributed by atoms with E-state index in [0.29, 0.717) is 12.1 Å². The number of nitrogen functional groups attached to an aromatic ring is 1. The Balaban J connectivity index is 2.83. The highest BCUT2D eigenvalue weighted by Crippen LogP contribution is 2.28. The van der Waals surface area contributed by atoms with Gasteiger partial charge in [0.05, 0.1) is 6.61 Å². The van der Waals surface area contributed by atoms with Crippen LogP contribution in [-0.4, -0.2) is 23.7 Å². The second-order valence-corrected chi connectivity index (χ2v) is 5.07. The summed E-state index contributed by atoms with van der Waals surface area (Å²) in [5.41, 5.74) is 7.20. The van der Waals surface area contributed by atoms with Crippen LogP contribution in [0, 0.1) is 0 Å². The average molecular weight is 330 g/mol. The van der Waals surface area contributed by atoms with Crippen molar-refractivity contribution in [3.8, 4) is 0 Å². The average Bonchev–Trinajstić information content (AvgIpc) is 2.32. The number of nitrogens with two attached hydrogens (primary N) is 1. The molecule has 0 spiro atoms. The molecular weight excluding hydrogens is 314 g/mol. The number of carboxylic acids is 1. The number of esters is 1. The normalized spacial score (nSPS) is 11.9. The van der Waals surface area contributed by atoms with Crippen LogP contribution in [0.3, 0.4) is 0 Å². The summed E-state index contributed by atoms with van der Waals surface area (Å²) in [7, 11) is 0. The standard InChI is InChI=1S/C13H16BrNO4/c1-8(16)19-7-10(3-5-13(17)18)9-2-4-12(15)11(14)6-9/h2,4,6,10H,3,5,7,15H2,1H3,(H,17,18). The van der Waals surface area contributed by atoms with Gasteiger partial charge in [-0.25, -0.2) is 0 Å². The molecule has 0 aliphatic carbocycles. The second-order valence-electron chi connectivity index (χ2n) is 4.21. The van der Waals surface area contributed by atoms with Gasteiger partial charge in [0.25, 0.3) is 0 Å². The zero-order valence-corrected chi connectivity index (χ0v) is 12.1. The van der Waals surface area contributed by atoms with E-state index in [2.05, 4.69) is 15.9 Å². The van der Waals surface area contributed by atoms with Crippen LogP contribution < -0.4 is 5.73 Å². The quantitative estimate of drug-likeness (QED) is 0.618. The van der Waals surface area contributed by atoms with Crippen LogP contribution in [0.4, 0.5) is 5.69 Å². The van der Waals surface area contributed by atoms with E-state index >= 15 is 0 Å². The Hall–Kier alpha value is -1.56. The van der Waals surface area contributed by atoms with Crippen molar-refractivity contribution in [2.45, 2.75) is 25.7 Å². The van der Waals surface area contributed by atoms with E-state index in [1.54, 1.807) is 6.07 Å². The number of aliphatic carboxylic acids is 1. The molecule has 0 fully saturated rings. The van der Waals surface area contributed by atoms with Gasteiger partial charge in [0.1, 0.15) is 0 Å². The fraction of sp³-hybridized carbons (Fsp3) is 0.385. The fourth-order valence-electron chi connectivity index (χ4n) is 1.66. The summed E-state index contributed by atoms with van der Waals surface area (Å²) in [6.07, 6.45) is 0.424. The molecule has 0 aliphatic rings. The maximum Gasteiger partial charge on any atom is 0.303 e. The third-order valence-corrected chi connectivity index (χ3v) is 3.38. The minimum atomic E-state index is -0.873. The van der Waals surface area contributed by atoms with Crippen molar-refractivity contribution >= 4 is 33.6 Å². The number of halogens is 1. The van der Waals surface area contributed by atoms with E-state index in [1.165, 1.54) is 6.92 Å². The molecular formula is C13H16BrNO4. The van der Waals surface area contributed by atoms with Gasteiger partial charge in [-0.2, -0.15) is 0 Å². The Morgan fingerprint density at radius 3 is 2.68 bits per heavy atom. The Bertz CT molecular complexity index is 458. The molecule has 0 saturated heterocycles. The molecule has 0 radical (unpaired) electrons. The van der Waals surface area contributed by atoms with Crippen LogP contribution in [-0.2, 0) is 14.3 Å². The summed E-state index contributed by atoms with van der Waals surface area (Å²) < 4.78 is 5.73. The molecule has 1 atom stereocenters. The predicted octanol–water partition coefficient (Wildman–Crippen LogP) is 2.54. The van der Waals surface area contributed by atoms with Crippen LogP contribution in [0.5, 0.6) is 0 Å². The summed E-state index contributed by atoms with van der Waals surface area (Å²) in [4.78, 5) is 21.5. The van der Waals surface area contributed by atoms with Crippen LogP contribution in [0.2, 0.25) is 0 Å². The Labute approximate surface area is 119 Å². The molecule has 1 aromatic carbocycles. The molecule has 104 valence electrons. The van der Waals surface area contributed by atoms with Gasteiger partial charge in [0.15, 0.2) is 0 Å². The molecule has 6 heteroatoms. The number of benzene rings is 1. The lowest BCUT2D eigenvalue weighted by Crippen LogP contribution is -2.12. The first-order valence-corrected chi connectivity index (χ1v) is 6.59. The van der Waals surface area contributed by atoms with Crippen molar-refractivity contribution in [2.75, 3.05) is 12.3 Å². The number of carbonyl (C=O) groups excluding carboxylic acids is 1. The highest BCUT2D eigenvalue weighted by Gasteiger charge is 2.16. The molecule has 0 heterocycles. The largest absolute Gasteiger partial charge is 0.481 e. The van der Waals surface area contributed by atoms with E-state index < -0.39 is 5.97 Å². The van der Waals surface area contributed by atoms with Gasteiger partial charge in [-0.15, -0.1) is 0 Å². The summed E-state index contributed by atoms with van der Waals surface area (Å²) >= 11 is 3.33. The van der Waals surface area contributed by atoms with Crippen molar-refractivity contribution in [1.29, 1.82) is 0 Å². The van der Waals surface area contributed by atoms with Gasteiger partial charge >= 0.3 is 11.9 Å². The van der Waals surface area contributed by atoms with Crippen molar-refractivity contribution in [3.63, 3.8) is 0 Å². The van der Waals surface area contributed by atoms with Crippen molar-refractivity contribution in [2.24, 2.45) is 0 Å². The van der Waals surface area contributed by atoms with Crippen LogP contribution in [0.15, 0.2) is 22.7 Å². The molecule has 19 heavy (non-hydrogen) atoms. The van der Waals surface area contributed by atoms with E-state index in [4.69, 9.17) is 15.6 Å². The maximum atomic E-state index is 10.9. The van der Waals surface area contributed by atoms with Gasteiger partial charge in [-0.3, -0.25) is 9.59 Å². The monoisotopic (exact) mass is 329 g/mol. The highest BCUT2D eigenvalue weighted by atomic mass is 79.9. The van der Waals surface area contributed by atoms with Gasteiger partial charge in [0, 0.05) is 29.4 Å². The van der Waals surface area contributed by atoms with E-state index in [0.717, 1.165) is 10.0 Å². The molecule has 1 aromatic rings. The van der Waals surface area contributed by atoms with Gasteiger partial charge in [-0.05, 0) is 40.0 Å². The number of anilines is 1. The summed E-state index contributed by atoms with van der Waals surface area (Å²) in [5, 5.41) is 8.75. The minimum Gasteiger partial charge on any atom is -0.481 e. The second kappa shape index (κ2) is 7.13. The predicted molar refractivity (Wildman–Crippen MR) is 74.8 cm³/mol. The first kappa shape index (κ1) is 15.5. The topological polar surface area (TPSA) is 89.6 Å².